The first kappa shape index (κ1) is 12.4. The van der Waals surface area contributed by atoms with Crippen molar-refractivity contribution in [2.45, 2.75) is 76.4 Å². The van der Waals surface area contributed by atoms with Crippen molar-refractivity contribution >= 4 is 0 Å². The van der Waals surface area contributed by atoms with Crippen LogP contribution in [-0.4, -0.2) is 23.8 Å². The monoisotopic (exact) mass is 225 g/mol. The minimum atomic E-state index is -0.0408. The average molecular weight is 225 g/mol. The third-order valence-electron chi connectivity index (χ3n) is 4.36. The number of nitrogens with one attached hydrogen (secondary N) is 1. The molecule has 2 aliphatic carbocycles. The van der Waals surface area contributed by atoms with Crippen LogP contribution in [0.25, 0.3) is 0 Å². The van der Waals surface area contributed by atoms with Gasteiger partial charge in [-0.3, -0.25) is 0 Å². The molecule has 2 aliphatic rings. The zero-order valence-corrected chi connectivity index (χ0v) is 10.5. The first-order valence-electron chi connectivity index (χ1n) is 7.26. The van der Waals surface area contributed by atoms with E-state index in [0.717, 1.165) is 18.8 Å². The van der Waals surface area contributed by atoms with Crippen LogP contribution in [0.2, 0.25) is 0 Å². The van der Waals surface area contributed by atoms with Gasteiger partial charge in [-0.25, -0.2) is 0 Å². The molecule has 0 amide bonds. The first-order valence-corrected chi connectivity index (χ1v) is 7.26. The Kier molecular flexibility index (Phi) is 5.11. The van der Waals surface area contributed by atoms with Crippen LogP contribution in [0.15, 0.2) is 0 Å². The smallest absolute Gasteiger partial charge is 0.0555 e. The quantitative estimate of drug-likeness (QED) is 0.771. The molecule has 0 aliphatic heterocycles. The van der Waals surface area contributed by atoms with Crippen LogP contribution in [0.5, 0.6) is 0 Å². The van der Waals surface area contributed by atoms with Gasteiger partial charge in [0.2, 0.25) is 0 Å². The number of hydrogen-bond donors (Lipinski definition) is 2. The highest BCUT2D eigenvalue weighted by molar-refractivity contribution is 4.78. The molecule has 2 atom stereocenters. The van der Waals surface area contributed by atoms with Crippen LogP contribution in [-0.2, 0) is 0 Å². The first-order chi connectivity index (χ1) is 7.84. The van der Waals surface area contributed by atoms with Gasteiger partial charge in [-0.05, 0) is 44.6 Å². The zero-order chi connectivity index (χ0) is 11.2. The Morgan fingerprint density at radius 1 is 0.938 bits per heavy atom. The van der Waals surface area contributed by atoms with Crippen molar-refractivity contribution in [1.29, 1.82) is 0 Å². The van der Waals surface area contributed by atoms with E-state index in [-0.39, 0.29) is 6.10 Å². The maximum atomic E-state index is 9.59. The summed E-state index contributed by atoms with van der Waals surface area (Å²) < 4.78 is 0. The molecule has 2 unspecified atom stereocenters. The fraction of sp³-hybridized carbons (Fsp3) is 1.00. The SMILES string of the molecule is OC1CCCC(NCCC2CCCCC2)C1. The molecule has 2 fully saturated rings. The predicted octanol–water partition coefficient (Wildman–Crippen LogP) is 2.85. The summed E-state index contributed by atoms with van der Waals surface area (Å²) in [6.07, 6.45) is 13.0. The van der Waals surface area contributed by atoms with Gasteiger partial charge < -0.3 is 10.4 Å². The van der Waals surface area contributed by atoms with E-state index in [4.69, 9.17) is 0 Å². The molecule has 0 bridgehead atoms. The lowest BCUT2D eigenvalue weighted by molar-refractivity contribution is 0.111. The summed E-state index contributed by atoms with van der Waals surface area (Å²) in [5, 5.41) is 13.2. The van der Waals surface area contributed by atoms with E-state index >= 15 is 0 Å². The normalized spacial score (nSPS) is 32.8. The molecule has 2 heteroatoms. The maximum absolute atomic E-state index is 9.59. The molecule has 2 nitrogen and oxygen atoms in total. The molecular formula is C14H27NO. The van der Waals surface area contributed by atoms with E-state index in [2.05, 4.69) is 5.32 Å². The highest BCUT2D eigenvalue weighted by Crippen LogP contribution is 2.26. The summed E-state index contributed by atoms with van der Waals surface area (Å²) in [6, 6.07) is 0.590. The molecule has 94 valence electrons. The second kappa shape index (κ2) is 6.61. The Morgan fingerprint density at radius 2 is 1.75 bits per heavy atom. The van der Waals surface area contributed by atoms with Gasteiger partial charge >= 0.3 is 0 Å². The van der Waals surface area contributed by atoms with Crippen LogP contribution in [0.1, 0.15) is 64.2 Å². The lowest BCUT2D eigenvalue weighted by atomic mass is 9.86. The molecule has 0 radical (unpaired) electrons. The number of aliphatic hydroxyl groups is 1. The minimum absolute atomic E-state index is 0.0408. The Labute approximate surface area is 99.8 Å². The van der Waals surface area contributed by atoms with Gasteiger partial charge in [0.25, 0.3) is 0 Å². The molecule has 0 aromatic rings. The van der Waals surface area contributed by atoms with Gasteiger partial charge in [0.1, 0.15) is 0 Å². The van der Waals surface area contributed by atoms with Gasteiger partial charge in [0.05, 0.1) is 6.10 Å². The third-order valence-corrected chi connectivity index (χ3v) is 4.36. The van der Waals surface area contributed by atoms with Gasteiger partial charge in [-0.2, -0.15) is 0 Å². The predicted molar refractivity (Wildman–Crippen MR) is 67.5 cm³/mol. The minimum Gasteiger partial charge on any atom is -0.393 e. The molecular weight excluding hydrogens is 198 g/mol. The molecule has 2 rings (SSSR count). The average Bonchev–Trinajstić information content (AvgIpc) is 2.30. The summed E-state index contributed by atoms with van der Waals surface area (Å²) in [5.74, 6) is 0.981. The summed E-state index contributed by atoms with van der Waals surface area (Å²) in [4.78, 5) is 0. The van der Waals surface area contributed by atoms with E-state index in [1.165, 1.54) is 57.9 Å². The highest BCUT2D eigenvalue weighted by Gasteiger charge is 2.20. The van der Waals surface area contributed by atoms with Crippen molar-refractivity contribution in [2.24, 2.45) is 5.92 Å². The molecule has 2 N–H and O–H groups in total. The Balaban J connectivity index is 1.56. The second-order valence-electron chi connectivity index (χ2n) is 5.76. The maximum Gasteiger partial charge on any atom is 0.0555 e. The van der Waals surface area contributed by atoms with Crippen LogP contribution >= 0.6 is 0 Å². The topological polar surface area (TPSA) is 32.3 Å². The molecule has 2 saturated carbocycles. The van der Waals surface area contributed by atoms with E-state index in [9.17, 15) is 5.11 Å². The fourth-order valence-electron chi connectivity index (χ4n) is 3.32. The van der Waals surface area contributed by atoms with Gasteiger partial charge in [0, 0.05) is 6.04 Å². The Hall–Kier alpha value is -0.0800. The largest absolute Gasteiger partial charge is 0.393 e. The molecule has 0 aromatic heterocycles. The lowest BCUT2D eigenvalue weighted by Gasteiger charge is -2.28. The standard InChI is InChI=1S/C14H27NO/c16-14-8-4-7-13(11-14)15-10-9-12-5-2-1-3-6-12/h12-16H,1-11H2. The van der Waals surface area contributed by atoms with Gasteiger partial charge in [0.15, 0.2) is 0 Å². The van der Waals surface area contributed by atoms with Crippen molar-refractivity contribution in [3.8, 4) is 0 Å². The van der Waals surface area contributed by atoms with E-state index in [1.807, 2.05) is 0 Å². The lowest BCUT2D eigenvalue weighted by Crippen LogP contribution is -2.37. The Bertz CT molecular complexity index is 189. The van der Waals surface area contributed by atoms with Crippen LogP contribution in [0, 0.1) is 5.92 Å². The number of aliphatic hydroxyl groups excluding tert-OH is 1. The Morgan fingerprint density at radius 3 is 2.50 bits per heavy atom. The van der Waals surface area contributed by atoms with Crippen LogP contribution in [0.3, 0.4) is 0 Å². The van der Waals surface area contributed by atoms with Crippen molar-refractivity contribution in [1.82, 2.24) is 5.32 Å². The summed E-state index contributed by atoms with van der Waals surface area (Å²) >= 11 is 0. The van der Waals surface area contributed by atoms with Crippen molar-refractivity contribution in [3.05, 3.63) is 0 Å². The van der Waals surface area contributed by atoms with E-state index in [0.29, 0.717) is 6.04 Å². The summed E-state index contributed by atoms with van der Waals surface area (Å²) in [7, 11) is 0. The van der Waals surface area contributed by atoms with Crippen LogP contribution in [0.4, 0.5) is 0 Å². The number of hydrogen-bond acceptors (Lipinski definition) is 2. The van der Waals surface area contributed by atoms with Crippen molar-refractivity contribution in [2.75, 3.05) is 6.54 Å². The second-order valence-corrected chi connectivity index (χ2v) is 5.76. The van der Waals surface area contributed by atoms with Crippen LogP contribution < -0.4 is 5.32 Å². The van der Waals surface area contributed by atoms with Crippen molar-refractivity contribution in [3.63, 3.8) is 0 Å². The molecule has 0 saturated heterocycles. The zero-order valence-electron chi connectivity index (χ0n) is 10.5. The van der Waals surface area contributed by atoms with E-state index < -0.39 is 0 Å². The highest BCUT2D eigenvalue weighted by atomic mass is 16.3. The fourth-order valence-corrected chi connectivity index (χ4v) is 3.32. The molecule has 16 heavy (non-hydrogen) atoms. The van der Waals surface area contributed by atoms with Gasteiger partial charge in [-0.15, -0.1) is 0 Å². The van der Waals surface area contributed by atoms with Gasteiger partial charge in [-0.1, -0.05) is 32.1 Å². The van der Waals surface area contributed by atoms with E-state index in [1.54, 1.807) is 0 Å². The number of rotatable bonds is 4. The molecule has 0 aromatic carbocycles. The molecule has 0 spiro atoms. The third kappa shape index (κ3) is 4.06. The summed E-state index contributed by atoms with van der Waals surface area (Å²) in [5.41, 5.74) is 0. The van der Waals surface area contributed by atoms with Crippen molar-refractivity contribution < 1.29 is 5.11 Å². The molecule has 0 heterocycles. The summed E-state index contributed by atoms with van der Waals surface area (Å²) in [6.45, 7) is 1.17.